The van der Waals surface area contributed by atoms with Gasteiger partial charge in [-0.2, -0.15) is 17.4 Å². The summed E-state index contributed by atoms with van der Waals surface area (Å²) in [5.74, 6) is -1.08. The van der Waals surface area contributed by atoms with Gasteiger partial charge >= 0.3 is 5.97 Å². The molecule has 3 atom stereocenters. The van der Waals surface area contributed by atoms with E-state index in [9.17, 15) is 18.3 Å². The van der Waals surface area contributed by atoms with E-state index in [1.165, 1.54) is 0 Å². The number of methoxy groups -OCH3 is 1. The van der Waals surface area contributed by atoms with Crippen LogP contribution in [0.2, 0.25) is 0 Å². The molecule has 2 fully saturated rings. The predicted molar refractivity (Wildman–Crippen MR) is 72.5 cm³/mol. The van der Waals surface area contributed by atoms with Crippen molar-refractivity contribution in [3.8, 4) is 0 Å². The molecule has 7 nitrogen and oxygen atoms in total. The van der Waals surface area contributed by atoms with Crippen LogP contribution in [0.5, 0.6) is 0 Å². The molecule has 2 N–H and O–H groups in total. The lowest BCUT2D eigenvalue weighted by atomic mass is 10.1. The van der Waals surface area contributed by atoms with Gasteiger partial charge in [0.1, 0.15) is 6.04 Å². The summed E-state index contributed by atoms with van der Waals surface area (Å²) in [6.07, 6.45) is 4.15. The maximum atomic E-state index is 12.4. The van der Waals surface area contributed by atoms with Crippen molar-refractivity contribution >= 4 is 16.2 Å². The summed E-state index contributed by atoms with van der Waals surface area (Å²) in [4.78, 5) is 11.2. The fourth-order valence-corrected chi connectivity index (χ4v) is 4.73. The molecule has 116 valence electrons. The monoisotopic (exact) mass is 306 g/mol. The summed E-state index contributed by atoms with van der Waals surface area (Å²) in [6.45, 7) is 0.261. The second kappa shape index (κ2) is 6.38. The average molecular weight is 306 g/mol. The molecule has 1 aliphatic carbocycles. The van der Waals surface area contributed by atoms with Crippen LogP contribution in [0.25, 0.3) is 0 Å². The van der Waals surface area contributed by atoms with E-state index < -0.39 is 22.2 Å². The van der Waals surface area contributed by atoms with E-state index in [0.29, 0.717) is 12.8 Å². The first-order valence-electron chi connectivity index (χ1n) is 7.00. The summed E-state index contributed by atoms with van der Waals surface area (Å²) in [7, 11) is -2.21. The van der Waals surface area contributed by atoms with Crippen LogP contribution in [0.4, 0.5) is 0 Å². The number of hydrogen-bond donors (Lipinski definition) is 2. The van der Waals surface area contributed by atoms with Gasteiger partial charge in [0.25, 0.3) is 10.2 Å². The van der Waals surface area contributed by atoms with Crippen molar-refractivity contribution < 1.29 is 23.1 Å². The van der Waals surface area contributed by atoms with E-state index in [4.69, 9.17) is 4.74 Å². The number of nitrogens with one attached hydrogen (secondary N) is 1. The molecule has 8 heteroatoms. The highest BCUT2D eigenvalue weighted by molar-refractivity contribution is 7.87. The highest BCUT2D eigenvalue weighted by Crippen LogP contribution is 2.25. The summed E-state index contributed by atoms with van der Waals surface area (Å²) in [6, 6.07) is -1.22. The molecule has 0 aromatic rings. The number of carbonyl (C=O) groups is 1. The average Bonchev–Trinajstić information content (AvgIpc) is 2.85. The first-order chi connectivity index (χ1) is 9.45. The van der Waals surface area contributed by atoms with Crippen LogP contribution in [0, 0.1) is 0 Å². The first-order valence-corrected chi connectivity index (χ1v) is 8.44. The van der Waals surface area contributed by atoms with Gasteiger partial charge in [0, 0.05) is 19.7 Å². The Bertz CT molecular complexity index is 453. The molecule has 1 saturated carbocycles. The molecule has 2 rings (SSSR count). The second-order valence-corrected chi connectivity index (χ2v) is 7.05. The lowest BCUT2D eigenvalue weighted by molar-refractivity contribution is -0.142. The number of ether oxygens (including phenoxy) is 1. The summed E-state index contributed by atoms with van der Waals surface area (Å²) in [5, 5.41) is 9.17. The van der Waals surface area contributed by atoms with E-state index in [1.807, 2.05) is 0 Å². The van der Waals surface area contributed by atoms with Gasteiger partial charge in [0.05, 0.1) is 6.10 Å². The van der Waals surface area contributed by atoms with Crippen molar-refractivity contribution in [1.82, 2.24) is 9.03 Å². The Hall–Kier alpha value is -0.700. The van der Waals surface area contributed by atoms with Crippen molar-refractivity contribution in [3.63, 3.8) is 0 Å². The van der Waals surface area contributed by atoms with Crippen molar-refractivity contribution in [3.05, 3.63) is 0 Å². The van der Waals surface area contributed by atoms with E-state index in [0.717, 1.165) is 30.0 Å². The second-order valence-electron chi connectivity index (χ2n) is 5.39. The van der Waals surface area contributed by atoms with Gasteiger partial charge in [0.15, 0.2) is 0 Å². The van der Waals surface area contributed by atoms with E-state index >= 15 is 0 Å². The smallest absolute Gasteiger partial charge is 0.322 e. The van der Waals surface area contributed by atoms with Crippen LogP contribution in [0.15, 0.2) is 0 Å². The van der Waals surface area contributed by atoms with Gasteiger partial charge in [-0.3, -0.25) is 4.79 Å². The largest absolute Gasteiger partial charge is 0.480 e. The Morgan fingerprint density at radius 1 is 1.25 bits per heavy atom. The lowest BCUT2D eigenvalue weighted by Gasteiger charge is -2.33. The normalized spacial score (nSPS) is 32.4. The molecule has 0 aromatic heterocycles. The molecule has 0 radical (unpaired) electrons. The van der Waals surface area contributed by atoms with Gasteiger partial charge in [-0.1, -0.05) is 0 Å². The van der Waals surface area contributed by atoms with E-state index in [-0.39, 0.29) is 18.7 Å². The van der Waals surface area contributed by atoms with Gasteiger partial charge in [-0.15, -0.1) is 0 Å². The molecule has 1 heterocycles. The van der Waals surface area contributed by atoms with E-state index in [1.54, 1.807) is 7.11 Å². The Balaban J connectivity index is 2.10. The van der Waals surface area contributed by atoms with Gasteiger partial charge in [-0.25, -0.2) is 0 Å². The topological polar surface area (TPSA) is 95.9 Å². The number of hydrogen-bond acceptors (Lipinski definition) is 4. The van der Waals surface area contributed by atoms with Crippen molar-refractivity contribution in [1.29, 1.82) is 0 Å². The molecular formula is C12H22N2O5S. The van der Waals surface area contributed by atoms with Crippen LogP contribution in [-0.4, -0.2) is 55.6 Å². The summed E-state index contributed by atoms with van der Waals surface area (Å²) >= 11 is 0. The fourth-order valence-electron chi connectivity index (χ4n) is 3.04. The number of rotatable bonds is 5. The summed E-state index contributed by atoms with van der Waals surface area (Å²) in [5.41, 5.74) is 0. The van der Waals surface area contributed by atoms with Crippen LogP contribution in [-0.2, 0) is 19.7 Å². The third-order valence-electron chi connectivity index (χ3n) is 4.10. The number of piperidine rings is 1. The van der Waals surface area contributed by atoms with Gasteiger partial charge < -0.3 is 9.84 Å². The number of nitrogens with zero attached hydrogens (tertiary/aromatic N) is 1. The molecule has 0 aromatic carbocycles. The SMILES string of the molecule is COC1CCCC1NS(=O)(=O)N1CCCCC1C(=O)O. The molecule has 20 heavy (non-hydrogen) atoms. The van der Waals surface area contributed by atoms with Crippen molar-refractivity contribution in [2.75, 3.05) is 13.7 Å². The quantitative estimate of drug-likeness (QED) is 0.763. The minimum absolute atomic E-state index is 0.127. The Morgan fingerprint density at radius 2 is 2.00 bits per heavy atom. The minimum Gasteiger partial charge on any atom is -0.480 e. The van der Waals surface area contributed by atoms with Gasteiger partial charge in [-0.05, 0) is 38.5 Å². The molecular weight excluding hydrogens is 284 g/mol. The maximum Gasteiger partial charge on any atom is 0.322 e. The number of carboxylic acids is 1. The molecule has 1 saturated heterocycles. The fraction of sp³-hybridized carbons (Fsp3) is 0.917. The first kappa shape index (κ1) is 15.7. The zero-order chi connectivity index (χ0) is 14.8. The molecule has 1 aliphatic heterocycles. The lowest BCUT2D eigenvalue weighted by Crippen LogP contribution is -2.55. The van der Waals surface area contributed by atoms with Crippen LogP contribution in [0.1, 0.15) is 38.5 Å². The van der Waals surface area contributed by atoms with Crippen LogP contribution < -0.4 is 4.72 Å². The number of aliphatic carboxylic acids is 1. The third kappa shape index (κ3) is 3.30. The molecule has 0 bridgehead atoms. The van der Waals surface area contributed by atoms with Crippen LogP contribution in [0.3, 0.4) is 0 Å². The Kier molecular flexibility index (Phi) is 5.00. The Labute approximate surface area is 119 Å². The van der Waals surface area contributed by atoms with Crippen molar-refractivity contribution in [2.24, 2.45) is 0 Å². The zero-order valence-corrected chi connectivity index (χ0v) is 12.4. The molecule has 3 unspecified atom stereocenters. The van der Waals surface area contributed by atoms with Crippen molar-refractivity contribution in [2.45, 2.75) is 56.7 Å². The third-order valence-corrected chi connectivity index (χ3v) is 5.76. The maximum absolute atomic E-state index is 12.4. The van der Waals surface area contributed by atoms with E-state index in [2.05, 4.69) is 4.72 Å². The molecule has 0 spiro atoms. The highest BCUT2D eigenvalue weighted by Gasteiger charge is 2.39. The standard InChI is InChI=1S/C12H22N2O5S/c1-19-11-7-4-5-9(11)13-20(17,18)14-8-3-2-6-10(14)12(15)16/h9-11,13H,2-8H2,1H3,(H,15,16). The zero-order valence-electron chi connectivity index (χ0n) is 11.6. The predicted octanol–water partition coefficient (Wildman–Crippen LogP) is 0.327. The molecule has 0 amide bonds. The number of carboxylic acid groups (broad SMARTS) is 1. The minimum atomic E-state index is -3.78. The van der Waals surface area contributed by atoms with Gasteiger partial charge in [0.2, 0.25) is 0 Å². The summed E-state index contributed by atoms with van der Waals surface area (Å²) < 4.78 is 33.8. The Morgan fingerprint density at radius 3 is 2.65 bits per heavy atom. The molecule has 2 aliphatic rings. The highest BCUT2D eigenvalue weighted by atomic mass is 32.2. The van der Waals surface area contributed by atoms with Crippen LogP contribution >= 0.6 is 0 Å².